The zero-order valence-electron chi connectivity index (χ0n) is 9.58. The Morgan fingerprint density at radius 1 is 1.11 bits per heavy atom. The van der Waals surface area contributed by atoms with Gasteiger partial charge in [-0.3, -0.25) is 0 Å². The normalized spacial score (nSPS) is 10.3. The summed E-state index contributed by atoms with van der Waals surface area (Å²) in [6.45, 7) is 0. The van der Waals surface area contributed by atoms with Crippen LogP contribution in [0.4, 0.5) is 20.2 Å². The van der Waals surface area contributed by atoms with Gasteiger partial charge in [-0.25, -0.2) is 8.78 Å². The molecule has 0 saturated carbocycles. The number of hydrogen-bond acceptors (Lipinski definition) is 2. The number of hydrogen-bond donors (Lipinski definition) is 2. The molecule has 0 radical (unpaired) electrons. The van der Waals surface area contributed by atoms with Crippen molar-refractivity contribution in [1.82, 2.24) is 0 Å². The minimum absolute atomic E-state index is 0.00912. The Hall–Kier alpha value is -1.72. The van der Waals surface area contributed by atoms with Gasteiger partial charge in [-0.05, 0) is 36.4 Å². The van der Waals surface area contributed by atoms with Gasteiger partial charge in [0.05, 0.1) is 10.7 Å². The number of benzene rings is 2. The van der Waals surface area contributed by atoms with Crippen molar-refractivity contribution in [2.45, 2.75) is 0 Å². The summed E-state index contributed by atoms with van der Waals surface area (Å²) in [6.07, 6.45) is 0. The fourth-order valence-electron chi connectivity index (χ4n) is 1.50. The summed E-state index contributed by atoms with van der Waals surface area (Å²) in [4.78, 5) is 0.114. The molecule has 0 amide bonds. The Kier molecular flexibility index (Phi) is 3.97. The lowest BCUT2D eigenvalue weighted by Crippen LogP contribution is -2.09. The fraction of sp³-hybridized carbons (Fsp3) is 0. The predicted octanol–water partition coefficient (Wildman–Crippen LogP) is 4.00. The Morgan fingerprint density at radius 3 is 2.42 bits per heavy atom. The van der Waals surface area contributed by atoms with Gasteiger partial charge in [0, 0.05) is 11.3 Å². The van der Waals surface area contributed by atoms with Gasteiger partial charge in [-0.2, -0.15) is 0 Å². The highest BCUT2D eigenvalue weighted by molar-refractivity contribution is 7.80. The van der Waals surface area contributed by atoms with Crippen LogP contribution >= 0.6 is 23.8 Å². The number of anilines is 2. The van der Waals surface area contributed by atoms with Crippen LogP contribution in [-0.2, 0) is 0 Å². The molecule has 2 nitrogen and oxygen atoms in total. The van der Waals surface area contributed by atoms with E-state index in [2.05, 4.69) is 5.32 Å². The summed E-state index contributed by atoms with van der Waals surface area (Å²) in [7, 11) is 0. The van der Waals surface area contributed by atoms with E-state index in [1.807, 2.05) is 0 Å². The maximum Gasteiger partial charge on any atom is 0.147 e. The molecule has 0 aliphatic carbocycles. The fourth-order valence-corrected chi connectivity index (χ4v) is 1.74. The first-order chi connectivity index (χ1) is 8.97. The van der Waals surface area contributed by atoms with Crippen LogP contribution in [0.25, 0.3) is 0 Å². The van der Waals surface area contributed by atoms with Crippen LogP contribution < -0.4 is 11.1 Å². The van der Waals surface area contributed by atoms with Crippen molar-refractivity contribution in [3.8, 4) is 0 Å². The van der Waals surface area contributed by atoms with E-state index in [0.29, 0.717) is 11.3 Å². The Morgan fingerprint density at radius 2 is 1.84 bits per heavy atom. The predicted molar refractivity (Wildman–Crippen MR) is 77.0 cm³/mol. The molecule has 0 saturated heterocycles. The van der Waals surface area contributed by atoms with Crippen molar-refractivity contribution >= 4 is 40.2 Å². The lowest BCUT2D eigenvalue weighted by atomic mass is 10.2. The molecule has 0 fully saturated rings. The lowest BCUT2D eigenvalue weighted by Gasteiger charge is -2.09. The molecule has 98 valence electrons. The highest BCUT2D eigenvalue weighted by Gasteiger charge is 2.07. The number of nitrogens with two attached hydrogens (primary N) is 1. The zero-order valence-corrected chi connectivity index (χ0v) is 11.2. The zero-order chi connectivity index (χ0) is 14.0. The van der Waals surface area contributed by atoms with E-state index in [-0.39, 0.29) is 15.7 Å². The van der Waals surface area contributed by atoms with Gasteiger partial charge < -0.3 is 11.1 Å². The van der Waals surface area contributed by atoms with E-state index in [0.717, 1.165) is 0 Å². The third-order valence-electron chi connectivity index (χ3n) is 2.45. The summed E-state index contributed by atoms with van der Waals surface area (Å²) in [6, 6.07) is 8.41. The first kappa shape index (κ1) is 13.7. The molecule has 0 aliphatic rings. The van der Waals surface area contributed by atoms with E-state index in [4.69, 9.17) is 29.6 Å². The van der Waals surface area contributed by atoms with Crippen molar-refractivity contribution in [1.29, 1.82) is 0 Å². The molecule has 2 aromatic rings. The Labute approximate surface area is 119 Å². The third kappa shape index (κ3) is 3.19. The van der Waals surface area contributed by atoms with Crippen LogP contribution in [-0.4, -0.2) is 4.99 Å². The largest absolute Gasteiger partial charge is 0.389 e. The van der Waals surface area contributed by atoms with Crippen molar-refractivity contribution < 1.29 is 8.78 Å². The van der Waals surface area contributed by atoms with Gasteiger partial charge in [0.25, 0.3) is 0 Å². The maximum absolute atomic E-state index is 13.8. The highest BCUT2D eigenvalue weighted by atomic mass is 35.5. The minimum Gasteiger partial charge on any atom is -0.389 e. The molecule has 0 spiro atoms. The first-order valence-electron chi connectivity index (χ1n) is 5.29. The molecule has 0 aliphatic heterocycles. The van der Waals surface area contributed by atoms with Crippen molar-refractivity contribution in [2.24, 2.45) is 5.73 Å². The molecule has 2 aromatic carbocycles. The number of rotatable bonds is 3. The van der Waals surface area contributed by atoms with Gasteiger partial charge in [0.15, 0.2) is 0 Å². The summed E-state index contributed by atoms with van der Waals surface area (Å²) >= 11 is 10.3. The van der Waals surface area contributed by atoms with Gasteiger partial charge in [-0.15, -0.1) is 0 Å². The smallest absolute Gasteiger partial charge is 0.147 e. The van der Waals surface area contributed by atoms with E-state index >= 15 is 0 Å². The lowest BCUT2D eigenvalue weighted by molar-refractivity contribution is 0.627. The van der Waals surface area contributed by atoms with Gasteiger partial charge in [-0.1, -0.05) is 23.8 Å². The van der Waals surface area contributed by atoms with E-state index in [9.17, 15) is 8.78 Å². The monoisotopic (exact) mass is 298 g/mol. The van der Waals surface area contributed by atoms with Crippen molar-refractivity contribution in [3.05, 3.63) is 58.6 Å². The molecule has 0 aromatic heterocycles. The Balaban J connectivity index is 2.28. The number of nitrogens with one attached hydrogen (secondary N) is 1. The third-order valence-corrected chi connectivity index (χ3v) is 2.99. The van der Waals surface area contributed by atoms with Crippen LogP contribution in [0.5, 0.6) is 0 Å². The molecule has 19 heavy (non-hydrogen) atoms. The molecule has 2 rings (SSSR count). The van der Waals surface area contributed by atoms with Crippen LogP contribution in [0, 0.1) is 11.6 Å². The molecular weight excluding hydrogens is 290 g/mol. The summed E-state index contributed by atoms with van der Waals surface area (Å²) in [5.41, 5.74) is 6.42. The van der Waals surface area contributed by atoms with Crippen LogP contribution in [0.1, 0.15) is 5.56 Å². The first-order valence-corrected chi connectivity index (χ1v) is 6.07. The van der Waals surface area contributed by atoms with Crippen molar-refractivity contribution in [2.75, 3.05) is 5.32 Å². The standard InChI is InChI=1S/C13H9ClF2N2S/c14-9-3-2-8(6-10(9)15)18-12-4-1-7(13(17)19)5-11(12)16/h1-6,18H,(H2,17,19). The van der Waals surface area contributed by atoms with Crippen LogP contribution in [0.15, 0.2) is 36.4 Å². The second kappa shape index (κ2) is 5.50. The Bertz CT molecular complexity index is 647. The highest BCUT2D eigenvalue weighted by Crippen LogP contribution is 2.24. The molecule has 0 atom stereocenters. The number of thiocarbonyl (C=S) groups is 1. The molecule has 0 bridgehead atoms. The summed E-state index contributed by atoms with van der Waals surface area (Å²) in [5, 5.41) is 2.76. The van der Waals surface area contributed by atoms with Gasteiger partial charge in [0.2, 0.25) is 0 Å². The molecule has 3 N–H and O–H groups in total. The maximum atomic E-state index is 13.8. The van der Waals surface area contributed by atoms with Crippen LogP contribution in [0.3, 0.4) is 0 Å². The van der Waals surface area contributed by atoms with E-state index < -0.39 is 11.6 Å². The SMILES string of the molecule is NC(=S)c1ccc(Nc2ccc(Cl)c(F)c2)c(F)c1. The average molecular weight is 299 g/mol. The second-order valence-corrected chi connectivity index (χ2v) is 4.66. The van der Waals surface area contributed by atoms with Crippen molar-refractivity contribution in [3.63, 3.8) is 0 Å². The van der Waals surface area contributed by atoms with E-state index in [1.54, 1.807) is 12.1 Å². The molecule has 6 heteroatoms. The minimum atomic E-state index is -0.577. The average Bonchev–Trinajstić information content (AvgIpc) is 2.36. The number of halogens is 3. The molecule has 0 heterocycles. The quantitative estimate of drug-likeness (QED) is 0.841. The summed E-state index contributed by atoms with van der Waals surface area (Å²) in [5.74, 6) is -1.10. The second-order valence-electron chi connectivity index (χ2n) is 3.81. The summed E-state index contributed by atoms with van der Waals surface area (Å²) < 4.78 is 27.0. The van der Waals surface area contributed by atoms with E-state index in [1.165, 1.54) is 24.3 Å². The molecule has 0 unspecified atom stereocenters. The van der Waals surface area contributed by atoms with Gasteiger partial charge in [0.1, 0.15) is 16.6 Å². The molecular formula is C13H9ClF2N2S. The topological polar surface area (TPSA) is 38.0 Å². The van der Waals surface area contributed by atoms with Gasteiger partial charge >= 0.3 is 0 Å². The van der Waals surface area contributed by atoms with Crippen LogP contribution in [0.2, 0.25) is 5.02 Å².